The fourth-order valence-corrected chi connectivity index (χ4v) is 2.52. The Hall–Kier alpha value is -1.90. The van der Waals surface area contributed by atoms with Crippen LogP contribution in [0, 0.1) is 11.6 Å². The molecule has 3 heteroatoms. The van der Waals surface area contributed by atoms with Crippen molar-refractivity contribution in [2.45, 2.75) is 19.3 Å². The summed E-state index contributed by atoms with van der Waals surface area (Å²) in [6.07, 6.45) is 2.64. The number of halogens is 2. The first-order valence-corrected chi connectivity index (χ1v) is 6.52. The molecule has 0 saturated heterocycles. The van der Waals surface area contributed by atoms with Gasteiger partial charge in [-0.05, 0) is 41.7 Å². The van der Waals surface area contributed by atoms with Gasteiger partial charge in [0.2, 0.25) is 0 Å². The average Bonchev–Trinajstić information content (AvgIpc) is 2.44. The van der Waals surface area contributed by atoms with Crippen molar-refractivity contribution in [1.29, 1.82) is 0 Å². The van der Waals surface area contributed by atoms with Crippen LogP contribution in [-0.4, -0.2) is 6.54 Å². The van der Waals surface area contributed by atoms with Crippen LogP contribution in [-0.2, 0) is 12.8 Å². The third-order valence-electron chi connectivity index (χ3n) is 3.54. The van der Waals surface area contributed by atoms with Gasteiger partial charge in [0.15, 0.2) is 11.6 Å². The van der Waals surface area contributed by atoms with Crippen molar-refractivity contribution < 1.29 is 8.78 Å². The van der Waals surface area contributed by atoms with E-state index in [1.54, 1.807) is 12.1 Å². The number of nitrogens with one attached hydrogen (secondary N) is 1. The molecule has 0 radical (unpaired) electrons. The Kier molecular flexibility index (Phi) is 3.20. The number of benzene rings is 2. The summed E-state index contributed by atoms with van der Waals surface area (Å²) < 4.78 is 26.8. The number of fused-ring (bicyclic) bond motifs is 1. The topological polar surface area (TPSA) is 12.0 Å². The second kappa shape index (κ2) is 5.00. The molecule has 3 rings (SSSR count). The first-order chi connectivity index (χ1) is 9.24. The predicted octanol–water partition coefficient (Wildman–Crippen LogP) is 3.91. The molecule has 2 aromatic carbocycles. The first kappa shape index (κ1) is 12.2. The summed E-state index contributed by atoms with van der Waals surface area (Å²) in [7, 11) is 0. The highest BCUT2D eigenvalue weighted by Crippen LogP contribution is 2.25. The van der Waals surface area contributed by atoms with Crippen LogP contribution < -0.4 is 5.32 Å². The van der Waals surface area contributed by atoms with Gasteiger partial charge in [0, 0.05) is 18.7 Å². The van der Waals surface area contributed by atoms with Gasteiger partial charge in [0.25, 0.3) is 0 Å². The zero-order valence-electron chi connectivity index (χ0n) is 10.5. The molecule has 0 fully saturated rings. The van der Waals surface area contributed by atoms with Crippen molar-refractivity contribution in [3.8, 4) is 0 Å². The summed E-state index contributed by atoms with van der Waals surface area (Å²) in [5.41, 5.74) is 3.82. The molecule has 0 aliphatic carbocycles. The number of rotatable bonds is 2. The molecule has 0 unspecified atom stereocenters. The zero-order valence-corrected chi connectivity index (χ0v) is 10.5. The van der Waals surface area contributed by atoms with Gasteiger partial charge in [0.1, 0.15) is 0 Å². The molecule has 0 atom stereocenters. The van der Waals surface area contributed by atoms with Gasteiger partial charge in [0.05, 0.1) is 0 Å². The largest absolute Gasteiger partial charge is 0.385 e. The van der Waals surface area contributed by atoms with Crippen molar-refractivity contribution in [1.82, 2.24) is 0 Å². The molecule has 19 heavy (non-hydrogen) atoms. The number of hydrogen-bond acceptors (Lipinski definition) is 1. The smallest absolute Gasteiger partial charge is 0.162 e. The number of anilines is 1. The van der Waals surface area contributed by atoms with E-state index in [1.165, 1.54) is 5.56 Å². The monoisotopic (exact) mass is 259 g/mol. The maximum Gasteiger partial charge on any atom is 0.162 e. The highest BCUT2D eigenvalue weighted by molar-refractivity contribution is 5.55. The Bertz CT molecular complexity index is 608. The molecular weight excluding hydrogens is 244 g/mol. The third kappa shape index (κ3) is 2.46. The van der Waals surface area contributed by atoms with Crippen LogP contribution >= 0.6 is 0 Å². The van der Waals surface area contributed by atoms with E-state index in [1.807, 2.05) is 12.1 Å². The van der Waals surface area contributed by atoms with Crippen LogP contribution in [0.4, 0.5) is 14.5 Å². The molecule has 1 heterocycles. The van der Waals surface area contributed by atoms with Crippen LogP contribution in [0.5, 0.6) is 0 Å². The van der Waals surface area contributed by atoms with E-state index in [0.717, 1.165) is 36.7 Å². The molecule has 0 saturated carbocycles. The lowest BCUT2D eigenvalue weighted by molar-refractivity contribution is 0.501. The van der Waals surface area contributed by atoms with Crippen molar-refractivity contribution in [2.75, 3.05) is 11.9 Å². The summed E-state index contributed by atoms with van der Waals surface area (Å²) in [5, 5.41) is 3.35. The fourth-order valence-electron chi connectivity index (χ4n) is 2.52. The van der Waals surface area contributed by atoms with Gasteiger partial charge >= 0.3 is 0 Å². The molecule has 0 amide bonds. The molecular formula is C16H15F2N. The zero-order chi connectivity index (χ0) is 13.2. The molecule has 0 bridgehead atoms. The fraction of sp³-hybridized carbons (Fsp3) is 0.250. The maximum atomic E-state index is 13.6. The third-order valence-corrected chi connectivity index (χ3v) is 3.54. The maximum absolute atomic E-state index is 13.6. The highest BCUT2D eigenvalue weighted by Gasteiger charge is 2.11. The van der Waals surface area contributed by atoms with E-state index in [9.17, 15) is 8.78 Å². The van der Waals surface area contributed by atoms with Crippen LogP contribution in [0.25, 0.3) is 0 Å². The van der Waals surface area contributed by atoms with Gasteiger partial charge in [-0.3, -0.25) is 0 Å². The van der Waals surface area contributed by atoms with E-state index in [2.05, 4.69) is 11.4 Å². The van der Waals surface area contributed by atoms with E-state index in [4.69, 9.17) is 0 Å². The van der Waals surface area contributed by atoms with E-state index in [0.29, 0.717) is 12.0 Å². The minimum atomic E-state index is -0.784. The lowest BCUT2D eigenvalue weighted by Gasteiger charge is -2.18. The Morgan fingerprint density at radius 1 is 1.11 bits per heavy atom. The van der Waals surface area contributed by atoms with Gasteiger partial charge in [-0.2, -0.15) is 0 Å². The second-order valence-electron chi connectivity index (χ2n) is 4.91. The molecule has 0 spiro atoms. The minimum absolute atomic E-state index is 0.399. The average molecular weight is 259 g/mol. The molecule has 98 valence electrons. The number of aryl methyl sites for hydroxylation is 1. The summed E-state index contributed by atoms with van der Waals surface area (Å²) in [5.74, 6) is -1.53. The summed E-state index contributed by atoms with van der Waals surface area (Å²) in [4.78, 5) is 0. The Balaban J connectivity index is 1.89. The van der Waals surface area contributed by atoms with Crippen LogP contribution in [0.3, 0.4) is 0 Å². The van der Waals surface area contributed by atoms with Crippen LogP contribution in [0.15, 0.2) is 36.4 Å². The van der Waals surface area contributed by atoms with Crippen LogP contribution in [0.2, 0.25) is 0 Å². The van der Waals surface area contributed by atoms with Gasteiger partial charge in [-0.1, -0.05) is 24.3 Å². The predicted molar refractivity (Wildman–Crippen MR) is 72.4 cm³/mol. The van der Waals surface area contributed by atoms with E-state index in [-0.39, 0.29) is 0 Å². The Labute approximate surface area is 111 Å². The SMILES string of the molecule is Fc1cccc(Cc2ccc3c(c2)NCCC3)c1F. The minimum Gasteiger partial charge on any atom is -0.385 e. The van der Waals surface area contributed by atoms with Crippen molar-refractivity contribution >= 4 is 5.69 Å². The summed E-state index contributed by atoms with van der Waals surface area (Å²) in [6, 6.07) is 10.4. The lowest BCUT2D eigenvalue weighted by atomic mass is 9.98. The quantitative estimate of drug-likeness (QED) is 0.862. The van der Waals surface area contributed by atoms with E-state index >= 15 is 0 Å². The molecule has 1 aliphatic rings. The van der Waals surface area contributed by atoms with Crippen molar-refractivity contribution in [3.63, 3.8) is 0 Å². The standard InChI is InChI=1S/C16H15F2N/c17-14-5-1-3-13(16(14)18)9-11-6-7-12-4-2-8-19-15(12)10-11/h1,3,5-7,10,19H,2,4,8-9H2. The molecule has 1 aliphatic heterocycles. The van der Waals surface area contributed by atoms with Gasteiger partial charge < -0.3 is 5.32 Å². The van der Waals surface area contributed by atoms with Crippen molar-refractivity contribution in [3.05, 3.63) is 64.7 Å². The number of hydrogen-bond donors (Lipinski definition) is 1. The highest BCUT2D eigenvalue weighted by atomic mass is 19.2. The molecule has 0 aromatic heterocycles. The summed E-state index contributed by atoms with van der Waals surface area (Å²) in [6.45, 7) is 0.977. The van der Waals surface area contributed by atoms with E-state index < -0.39 is 11.6 Å². The molecule has 1 nitrogen and oxygen atoms in total. The van der Waals surface area contributed by atoms with Crippen molar-refractivity contribution in [2.24, 2.45) is 0 Å². The molecule has 1 N–H and O–H groups in total. The Morgan fingerprint density at radius 2 is 2.00 bits per heavy atom. The molecule has 2 aromatic rings. The van der Waals surface area contributed by atoms with Crippen LogP contribution in [0.1, 0.15) is 23.1 Å². The van der Waals surface area contributed by atoms with Gasteiger partial charge in [-0.15, -0.1) is 0 Å². The lowest BCUT2D eigenvalue weighted by Crippen LogP contribution is -2.11. The first-order valence-electron chi connectivity index (χ1n) is 6.52. The Morgan fingerprint density at radius 3 is 2.89 bits per heavy atom. The normalized spacial score (nSPS) is 13.8. The summed E-state index contributed by atoms with van der Waals surface area (Å²) >= 11 is 0. The second-order valence-corrected chi connectivity index (χ2v) is 4.91. The van der Waals surface area contributed by atoms with Gasteiger partial charge in [-0.25, -0.2) is 8.78 Å².